The Kier molecular flexibility index (Phi) is 6.72. The van der Waals surface area contributed by atoms with Crippen LogP contribution in [0.2, 0.25) is 5.02 Å². The number of ether oxygens (including phenoxy) is 2. The molecule has 0 radical (unpaired) electrons. The van der Waals surface area contributed by atoms with Gasteiger partial charge in [-0.1, -0.05) is 11.6 Å². The number of nitrogens with zero attached hydrogens (tertiary/aromatic N) is 1. The summed E-state index contributed by atoms with van der Waals surface area (Å²) in [7, 11) is 3.32. The molecular weight excluding hydrogens is 254 g/mol. The molecule has 0 atom stereocenters. The van der Waals surface area contributed by atoms with Crippen LogP contribution in [0.5, 0.6) is 0 Å². The van der Waals surface area contributed by atoms with Crippen molar-refractivity contribution in [1.82, 2.24) is 0 Å². The average molecular weight is 272 g/mol. The Morgan fingerprint density at radius 3 is 2.28 bits per heavy atom. The van der Waals surface area contributed by atoms with E-state index in [2.05, 4.69) is 4.90 Å². The zero-order chi connectivity index (χ0) is 13.4. The van der Waals surface area contributed by atoms with Crippen molar-refractivity contribution in [1.29, 1.82) is 0 Å². The molecule has 0 bridgehead atoms. The van der Waals surface area contributed by atoms with Crippen molar-refractivity contribution in [3.8, 4) is 0 Å². The van der Waals surface area contributed by atoms with Crippen LogP contribution >= 0.6 is 11.6 Å². The van der Waals surface area contributed by atoms with Gasteiger partial charge < -0.3 is 14.4 Å². The predicted molar refractivity (Wildman–Crippen MR) is 72.8 cm³/mol. The van der Waals surface area contributed by atoms with Crippen molar-refractivity contribution in [2.75, 3.05) is 45.4 Å². The lowest BCUT2D eigenvalue weighted by molar-refractivity contribution is 0.112. The quantitative estimate of drug-likeness (QED) is 0.680. The highest BCUT2D eigenvalue weighted by Gasteiger charge is 2.10. The smallest absolute Gasteiger partial charge is 0.150 e. The largest absolute Gasteiger partial charge is 0.383 e. The summed E-state index contributed by atoms with van der Waals surface area (Å²) >= 11 is 6.18. The molecule has 0 fully saturated rings. The number of carbonyl (C=O) groups excluding carboxylic acids is 1. The van der Waals surface area contributed by atoms with E-state index in [0.717, 1.165) is 25.1 Å². The Hall–Kier alpha value is -1.10. The second-order valence-electron chi connectivity index (χ2n) is 3.80. The van der Waals surface area contributed by atoms with Crippen molar-refractivity contribution in [3.05, 3.63) is 28.8 Å². The number of hydrogen-bond acceptors (Lipinski definition) is 4. The fraction of sp³-hybridized carbons (Fsp3) is 0.462. The van der Waals surface area contributed by atoms with Gasteiger partial charge in [-0.25, -0.2) is 0 Å². The van der Waals surface area contributed by atoms with E-state index in [-0.39, 0.29) is 0 Å². The van der Waals surface area contributed by atoms with Crippen LogP contribution in [0.1, 0.15) is 10.4 Å². The molecular formula is C13H18ClNO3. The van der Waals surface area contributed by atoms with Gasteiger partial charge in [0.15, 0.2) is 0 Å². The number of hydrogen-bond donors (Lipinski definition) is 0. The van der Waals surface area contributed by atoms with Crippen molar-refractivity contribution < 1.29 is 14.3 Å². The van der Waals surface area contributed by atoms with Gasteiger partial charge in [0.1, 0.15) is 6.29 Å². The summed E-state index contributed by atoms with van der Waals surface area (Å²) in [6, 6.07) is 5.26. The average Bonchev–Trinajstić information content (AvgIpc) is 2.39. The lowest BCUT2D eigenvalue weighted by Gasteiger charge is -2.25. The van der Waals surface area contributed by atoms with E-state index < -0.39 is 0 Å². The zero-order valence-corrected chi connectivity index (χ0v) is 11.4. The molecule has 0 N–H and O–H groups in total. The summed E-state index contributed by atoms with van der Waals surface area (Å²) in [5.74, 6) is 0. The minimum absolute atomic E-state index is 0.562. The fourth-order valence-corrected chi connectivity index (χ4v) is 1.92. The molecule has 0 amide bonds. The number of aldehydes is 1. The molecule has 1 rings (SSSR count). The SMILES string of the molecule is COCCN(CCOC)c1ccc(C=O)cc1Cl. The normalized spacial score (nSPS) is 10.4. The molecule has 18 heavy (non-hydrogen) atoms. The van der Waals surface area contributed by atoms with Crippen LogP contribution in [-0.2, 0) is 9.47 Å². The number of anilines is 1. The first-order chi connectivity index (χ1) is 8.72. The van der Waals surface area contributed by atoms with Crippen LogP contribution < -0.4 is 4.90 Å². The highest BCUT2D eigenvalue weighted by atomic mass is 35.5. The van der Waals surface area contributed by atoms with Gasteiger partial charge in [0.25, 0.3) is 0 Å². The molecule has 0 aliphatic heterocycles. The molecule has 5 heteroatoms. The molecule has 100 valence electrons. The first-order valence-electron chi connectivity index (χ1n) is 5.70. The van der Waals surface area contributed by atoms with Crippen LogP contribution in [0.4, 0.5) is 5.69 Å². The van der Waals surface area contributed by atoms with Crippen LogP contribution in [0.15, 0.2) is 18.2 Å². The van der Waals surface area contributed by atoms with Gasteiger partial charge in [-0.3, -0.25) is 4.79 Å². The molecule has 0 spiro atoms. The van der Waals surface area contributed by atoms with Gasteiger partial charge in [0.05, 0.1) is 23.9 Å². The maximum atomic E-state index is 10.7. The number of rotatable bonds is 8. The van der Waals surface area contributed by atoms with Crippen molar-refractivity contribution >= 4 is 23.6 Å². The summed E-state index contributed by atoms with van der Waals surface area (Å²) in [5.41, 5.74) is 1.46. The standard InChI is InChI=1S/C13H18ClNO3/c1-17-7-5-15(6-8-18-2)13-4-3-11(10-16)9-12(13)14/h3-4,9-10H,5-8H2,1-2H3. The van der Waals surface area contributed by atoms with Crippen LogP contribution in [-0.4, -0.2) is 46.8 Å². The third kappa shape index (κ3) is 4.29. The highest BCUT2D eigenvalue weighted by Crippen LogP contribution is 2.26. The first kappa shape index (κ1) is 15.0. The van der Waals surface area contributed by atoms with Gasteiger partial charge in [-0.2, -0.15) is 0 Å². The Morgan fingerprint density at radius 1 is 1.22 bits per heavy atom. The summed E-state index contributed by atoms with van der Waals surface area (Å²) in [6.45, 7) is 2.66. The van der Waals surface area contributed by atoms with E-state index >= 15 is 0 Å². The van der Waals surface area contributed by atoms with Gasteiger partial charge in [-0.05, 0) is 18.2 Å². The van der Waals surface area contributed by atoms with Gasteiger partial charge in [-0.15, -0.1) is 0 Å². The highest BCUT2D eigenvalue weighted by molar-refractivity contribution is 6.33. The van der Waals surface area contributed by atoms with Crippen molar-refractivity contribution in [2.24, 2.45) is 0 Å². The van der Waals surface area contributed by atoms with E-state index in [1.165, 1.54) is 0 Å². The van der Waals surface area contributed by atoms with Crippen LogP contribution in [0.3, 0.4) is 0 Å². The number of benzene rings is 1. The second kappa shape index (κ2) is 8.08. The molecule has 0 unspecified atom stereocenters. The minimum atomic E-state index is 0.562. The van der Waals surface area contributed by atoms with E-state index in [1.807, 2.05) is 6.07 Å². The Morgan fingerprint density at radius 2 is 1.83 bits per heavy atom. The predicted octanol–water partition coefficient (Wildman–Crippen LogP) is 2.25. The Labute approximate surface area is 112 Å². The van der Waals surface area contributed by atoms with Gasteiger partial charge in [0.2, 0.25) is 0 Å². The summed E-state index contributed by atoms with van der Waals surface area (Å²) in [6.07, 6.45) is 0.782. The number of halogens is 1. The van der Waals surface area contributed by atoms with Crippen LogP contribution in [0, 0.1) is 0 Å². The summed E-state index contributed by atoms with van der Waals surface area (Å²) in [4.78, 5) is 12.7. The molecule has 0 heterocycles. The molecule has 0 saturated carbocycles. The molecule has 0 aromatic heterocycles. The van der Waals surface area contributed by atoms with E-state index in [9.17, 15) is 4.79 Å². The van der Waals surface area contributed by atoms with Gasteiger partial charge >= 0.3 is 0 Å². The molecule has 0 aliphatic carbocycles. The summed E-state index contributed by atoms with van der Waals surface area (Å²) < 4.78 is 10.2. The monoisotopic (exact) mass is 271 g/mol. The lowest BCUT2D eigenvalue weighted by atomic mass is 10.2. The maximum absolute atomic E-state index is 10.7. The van der Waals surface area contributed by atoms with Gasteiger partial charge in [0, 0.05) is 32.9 Å². The molecule has 1 aromatic rings. The Balaban J connectivity index is 2.85. The third-order valence-electron chi connectivity index (χ3n) is 2.58. The molecule has 1 aromatic carbocycles. The summed E-state index contributed by atoms with van der Waals surface area (Å²) in [5, 5.41) is 0.562. The van der Waals surface area contributed by atoms with Crippen molar-refractivity contribution in [3.63, 3.8) is 0 Å². The first-order valence-corrected chi connectivity index (χ1v) is 6.08. The third-order valence-corrected chi connectivity index (χ3v) is 2.88. The van der Waals surface area contributed by atoms with E-state index in [4.69, 9.17) is 21.1 Å². The second-order valence-corrected chi connectivity index (χ2v) is 4.21. The fourth-order valence-electron chi connectivity index (χ4n) is 1.61. The molecule has 0 saturated heterocycles. The molecule has 4 nitrogen and oxygen atoms in total. The number of carbonyl (C=O) groups is 1. The lowest BCUT2D eigenvalue weighted by Crippen LogP contribution is -2.30. The topological polar surface area (TPSA) is 38.8 Å². The van der Waals surface area contributed by atoms with E-state index in [1.54, 1.807) is 26.4 Å². The Bertz CT molecular complexity index is 376. The molecule has 0 aliphatic rings. The van der Waals surface area contributed by atoms with Crippen molar-refractivity contribution in [2.45, 2.75) is 0 Å². The van der Waals surface area contributed by atoms with Crippen LogP contribution in [0.25, 0.3) is 0 Å². The zero-order valence-electron chi connectivity index (χ0n) is 10.7. The maximum Gasteiger partial charge on any atom is 0.150 e. The number of methoxy groups -OCH3 is 2. The van der Waals surface area contributed by atoms with E-state index in [0.29, 0.717) is 23.8 Å². The minimum Gasteiger partial charge on any atom is -0.383 e.